The Labute approximate surface area is 174 Å². The lowest BCUT2D eigenvalue weighted by atomic mass is 10.0. The number of rotatable bonds is 9. The first-order valence-electron chi connectivity index (χ1n) is 9.25. The topological polar surface area (TPSA) is 90.9 Å². The molecule has 1 N–H and O–H groups in total. The SMILES string of the molecule is COc1ccc(OC)c(C(=O)COC(=O)[C@@H](NC(=O)c2ccc(F)cc2)C(C)C)c1. The van der Waals surface area contributed by atoms with Crippen LogP contribution in [0.1, 0.15) is 34.6 Å². The van der Waals surface area contributed by atoms with Gasteiger partial charge in [0.1, 0.15) is 23.4 Å². The molecule has 0 aliphatic heterocycles. The molecule has 0 bridgehead atoms. The average Bonchev–Trinajstić information content (AvgIpc) is 2.75. The zero-order valence-electron chi connectivity index (χ0n) is 17.2. The number of hydrogen-bond acceptors (Lipinski definition) is 6. The van der Waals surface area contributed by atoms with Gasteiger partial charge in [-0.15, -0.1) is 0 Å². The van der Waals surface area contributed by atoms with Crippen LogP contribution in [-0.2, 0) is 9.53 Å². The number of nitrogens with one attached hydrogen (secondary N) is 1. The van der Waals surface area contributed by atoms with E-state index in [4.69, 9.17) is 14.2 Å². The van der Waals surface area contributed by atoms with E-state index in [9.17, 15) is 18.8 Å². The molecule has 0 fully saturated rings. The first-order chi connectivity index (χ1) is 14.3. The minimum atomic E-state index is -0.984. The van der Waals surface area contributed by atoms with E-state index in [1.54, 1.807) is 26.0 Å². The summed E-state index contributed by atoms with van der Waals surface area (Å²) in [6, 6.07) is 8.65. The second kappa shape index (κ2) is 10.4. The number of carbonyl (C=O) groups is 3. The number of ether oxygens (including phenoxy) is 3. The van der Waals surface area contributed by atoms with Crippen molar-refractivity contribution in [2.24, 2.45) is 5.92 Å². The van der Waals surface area contributed by atoms with Crippen molar-refractivity contribution in [3.8, 4) is 11.5 Å². The number of benzene rings is 2. The highest BCUT2D eigenvalue weighted by Crippen LogP contribution is 2.24. The average molecular weight is 417 g/mol. The van der Waals surface area contributed by atoms with E-state index in [0.29, 0.717) is 11.5 Å². The summed E-state index contributed by atoms with van der Waals surface area (Å²) in [7, 11) is 2.89. The Hall–Kier alpha value is -3.42. The molecule has 8 heteroatoms. The van der Waals surface area contributed by atoms with E-state index in [2.05, 4.69) is 5.32 Å². The first kappa shape index (κ1) is 22.9. The highest BCUT2D eigenvalue weighted by atomic mass is 19.1. The van der Waals surface area contributed by atoms with Crippen molar-refractivity contribution in [3.63, 3.8) is 0 Å². The molecule has 0 radical (unpaired) electrons. The summed E-state index contributed by atoms with van der Waals surface area (Å²) in [5, 5.41) is 2.56. The van der Waals surface area contributed by atoms with Crippen LogP contribution in [0.25, 0.3) is 0 Å². The number of halogens is 1. The quantitative estimate of drug-likeness (QED) is 0.498. The van der Waals surface area contributed by atoms with Crippen molar-refractivity contribution < 1.29 is 33.0 Å². The maximum absolute atomic E-state index is 13.0. The molecule has 2 rings (SSSR count). The molecule has 2 aromatic rings. The number of hydrogen-bond donors (Lipinski definition) is 1. The van der Waals surface area contributed by atoms with Crippen LogP contribution in [-0.4, -0.2) is 44.5 Å². The standard InChI is InChI=1S/C22H24FNO6/c1-13(2)20(24-21(26)14-5-7-15(23)8-6-14)22(27)30-12-18(25)17-11-16(28-3)9-10-19(17)29-4/h5-11,13,20H,12H2,1-4H3,(H,24,26)/t20-/m0/s1. The molecule has 0 saturated carbocycles. The van der Waals surface area contributed by atoms with Crippen molar-refractivity contribution in [2.75, 3.05) is 20.8 Å². The Balaban J connectivity index is 2.05. The second-order valence-corrected chi connectivity index (χ2v) is 6.80. The van der Waals surface area contributed by atoms with E-state index in [-0.39, 0.29) is 17.0 Å². The van der Waals surface area contributed by atoms with Gasteiger partial charge in [0.25, 0.3) is 5.91 Å². The van der Waals surface area contributed by atoms with E-state index in [0.717, 1.165) is 12.1 Å². The molecule has 30 heavy (non-hydrogen) atoms. The third kappa shape index (κ3) is 5.79. The molecule has 0 spiro atoms. The predicted molar refractivity (Wildman–Crippen MR) is 107 cm³/mol. The van der Waals surface area contributed by atoms with Crippen molar-refractivity contribution in [2.45, 2.75) is 19.9 Å². The second-order valence-electron chi connectivity index (χ2n) is 6.80. The Morgan fingerprint density at radius 2 is 1.67 bits per heavy atom. The van der Waals surface area contributed by atoms with Gasteiger partial charge in [0.2, 0.25) is 5.78 Å². The number of Topliss-reactive ketones (excluding diaryl/α,β-unsaturated/α-hetero) is 1. The minimum Gasteiger partial charge on any atom is -0.497 e. The van der Waals surface area contributed by atoms with Crippen molar-refractivity contribution >= 4 is 17.7 Å². The molecule has 0 aliphatic carbocycles. The normalized spacial score (nSPS) is 11.5. The molecule has 0 aliphatic rings. The summed E-state index contributed by atoms with van der Waals surface area (Å²) in [4.78, 5) is 37.4. The molecule has 7 nitrogen and oxygen atoms in total. The van der Waals surface area contributed by atoms with Crippen LogP contribution in [0.15, 0.2) is 42.5 Å². The number of amides is 1. The monoisotopic (exact) mass is 417 g/mol. The lowest BCUT2D eigenvalue weighted by Crippen LogP contribution is -2.45. The number of esters is 1. The summed E-state index contributed by atoms with van der Waals surface area (Å²) in [5.74, 6) is -1.78. The third-order valence-electron chi connectivity index (χ3n) is 4.37. The van der Waals surface area contributed by atoms with Crippen LogP contribution in [0.3, 0.4) is 0 Å². The number of carbonyl (C=O) groups excluding carboxylic acids is 3. The van der Waals surface area contributed by atoms with Crippen LogP contribution in [0.2, 0.25) is 0 Å². The van der Waals surface area contributed by atoms with Crippen molar-refractivity contribution in [1.82, 2.24) is 5.32 Å². The number of ketones is 1. The Kier molecular flexibility index (Phi) is 7.91. The fourth-order valence-corrected chi connectivity index (χ4v) is 2.66. The van der Waals surface area contributed by atoms with E-state index >= 15 is 0 Å². The van der Waals surface area contributed by atoms with Gasteiger partial charge in [0.05, 0.1) is 19.8 Å². The Morgan fingerprint density at radius 1 is 1.00 bits per heavy atom. The van der Waals surface area contributed by atoms with Crippen LogP contribution < -0.4 is 14.8 Å². The van der Waals surface area contributed by atoms with Crippen LogP contribution in [0.4, 0.5) is 4.39 Å². The van der Waals surface area contributed by atoms with Gasteiger partial charge in [-0.2, -0.15) is 0 Å². The summed E-state index contributed by atoms with van der Waals surface area (Å²) in [6.07, 6.45) is 0. The molecule has 0 unspecified atom stereocenters. The Bertz CT molecular complexity index is 910. The first-order valence-corrected chi connectivity index (χ1v) is 9.25. The van der Waals surface area contributed by atoms with Gasteiger partial charge in [-0.25, -0.2) is 9.18 Å². The molecule has 0 heterocycles. The molecule has 1 atom stereocenters. The van der Waals surface area contributed by atoms with Crippen LogP contribution in [0.5, 0.6) is 11.5 Å². The lowest BCUT2D eigenvalue weighted by Gasteiger charge is -2.21. The van der Waals surface area contributed by atoms with Gasteiger partial charge in [0.15, 0.2) is 6.61 Å². The smallest absolute Gasteiger partial charge is 0.329 e. The van der Waals surface area contributed by atoms with Gasteiger partial charge in [-0.05, 0) is 48.4 Å². The zero-order valence-corrected chi connectivity index (χ0v) is 17.2. The van der Waals surface area contributed by atoms with E-state index in [1.165, 1.54) is 32.4 Å². The highest BCUT2D eigenvalue weighted by molar-refractivity contribution is 6.01. The maximum atomic E-state index is 13.0. The van der Waals surface area contributed by atoms with Gasteiger partial charge < -0.3 is 19.5 Å². The van der Waals surface area contributed by atoms with Crippen LogP contribution in [0, 0.1) is 11.7 Å². The summed E-state index contributed by atoms with van der Waals surface area (Å²) < 4.78 is 28.5. The predicted octanol–water partition coefficient (Wildman–Crippen LogP) is 3.02. The van der Waals surface area contributed by atoms with Crippen LogP contribution >= 0.6 is 0 Å². The molecule has 0 aromatic heterocycles. The van der Waals surface area contributed by atoms with Crippen molar-refractivity contribution in [3.05, 3.63) is 59.4 Å². The molecular formula is C22H24FNO6. The van der Waals surface area contributed by atoms with Gasteiger partial charge in [-0.1, -0.05) is 13.8 Å². The van der Waals surface area contributed by atoms with E-state index < -0.39 is 36.1 Å². The minimum absolute atomic E-state index is 0.201. The maximum Gasteiger partial charge on any atom is 0.329 e. The largest absolute Gasteiger partial charge is 0.497 e. The summed E-state index contributed by atoms with van der Waals surface area (Å²) >= 11 is 0. The summed E-state index contributed by atoms with van der Waals surface area (Å²) in [6.45, 7) is 2.92. The lowest BCUT2D eigenvalue weighted by molar-refractivity contribution is -0.145. The fourth-order valence-electron chi connectivity index (χ4n) is 2.66. The van der Waals surface area contributed by atoms with Gasteiger partial charge >= 0.3 is 5.97 Å². The highest BCUT2D eigenvalue weighted by Gasteiger charge is 2.27. The zero-order chi connectivity index (χ0) is 22.3. The number of methoxy groups -OCH3 is 2. The molecule has 1 amide bonds. The van der Waals surface area contributed by atoms with Gasteiger partial charge in [-0.3, -0.25) is 9.59 Å². The molecular weight excluding hydrogens is 393 g/mol. The Morgan fingerprint density at radius 3 is 2.23 bits per heavy atom. The third-order valence-corrected chi connectivity index (χ3v) is 4.37. The summed E-state index contributed by atoms with van der Waals surface area (Å²) in [5.41, 5.74) is 0.410. The van der Waals surface area contributed by atoms with Gasteiger partial charge in [0, 0.05) is 5.56 Å². The fraction of sp³-hybridized carbons (Fsp3) is 0.318. The molecule has 2 aromatic carbocycles. The van der Waals surface area contributed by atoms with Crippen molar-refractivity contribution in [1.29, 1.82) is 0 Å². The molecule has 0 saturated heterocycles. The molecule has 160 valence electrons. The van der Waals surface area contributed by atoms with E-state index in [1.807, 2.05) is 0 Å².